The number of benzene rings is 1. The lowest BCUT2D eigenvalue weighted by molar-refractivity contribution is -0.143. The maximum absolute atomic E-state index is 12.7. The average Bonchev–Trinajstić information content (AvgIpc) is 3.29. The van der Waals surface area contributed by atoms with E-state index >= 15 is 0 Å². The van der Waals surface area contributed by atoms with E-state index in [0.29, 0.717) is 19.7 Å². The Bertz CT molecular complexity index is 456. The highest BCUT2D eigenvalue weighted by Crippen LogP contribution is 2.49. The summed E-state index contributed by atoms with van der Waals surface area (Å²) in [5, 5.41) is 9.16. The van der Waals surface area contributed by atoms with Crippen molar-refractivity contribution in [3.8, 4) is 0 Å². The zero-order valence-corrected chi connectivity index (χ0v) is 10.9. The average molecular weight is 261 g/mol. The lowest BCUT2D eigenvalue weighted by atomic mass is 9.94. The Labute approximate surface area is 113 Å². The summed E-state index contributed by atoms with van der Waals surface area (Å²) < 4.78 is 5.40. The van der Waals surface area contributed by atoms with Gasteiger partial charge in [-0.15, -0.1) is 0 Å². The third kappa shape index (κ3) is 2.26. The molecule has 4 nitrogen and oxygen atoms in total. The predicted molar refractivity (Wildman–Crippen MR) is 70.8 cm³/mol. The Morgan fingerprint density at radius 1 is 1.37 bits per heavy atom. The molecule has 1 aliphatic heterocycles. The van der Waals surface area contributed by atoms with Gasteiger partial charge in [0.05, 0.1) is 24.7 Å². The Morgan fingerprint density at radius 3 is 2.74 bits per heavy atom. The fourth-order valence-electron chi connectivity index (χ4n) is 2.83. The van der Waals surface area contributed by atoms with E-state index < -0.39 is 0 Å². The molecule has 1 N–H and O–H groups in total. The topological polar surface area (TPSA) is 49.8 Å². The number of amides is 1. The van der Waals surface area contributed by atoms with Crippen molar-refractivity contribution < 1.29 is 14.6 Å². The van der Waals surface area contributed by atoms with Gasteiger partial charge in [0.15, 0.2) is 0 Å². The quantitative estimate of drug-likeness (QED) is 0.881. The zero-order chi connectivity index (χ0) is 13.3. The summed E-state index contributed by atoms with van der Waals surface area (Å²) in [5.74, 6) is 0.195. The molecule has 0 aromatic heterocycles. The highest BCUT2D eigenvalue weighted by Gasteiger charge is 2.53. The van der Waals surface area contributed by atoms with E-state index in [2.05, 4.69) is 0 Å². The van der Waals surface area contributed by atoms with Gasteiger partial charge < -0.3 is 14.7 Å². The SMILES string of the molecule is O=C(N1CCOC(CO)C1)C1(c2ccccc2)CC1. The van der Waals surface area contributed by atoms with Crippen molar-refractivity contribution in [2.75, 3.05) is 26.3 Å². The van der Waals surface area contributed by atoms with Crippen LogP contribution in [0.4, 0.5) is 0 Å². The summed E-state index contributed by atoms with van der Waals surface area (Å²) >= 11 is 0. The molecule has 0 bridgehead atoms. The van der Waals surface area contributed by atoms with Crippen molar-refractivity contribution in [1.82, 2.24) is 4.90 Å². The second-order valence-corrected chi connectivity index (χ2v) is 5.37. The number of carbonyl (C=O) groups is 1. The first kappa shape index (κ1) is 12.6. The van der Waals surface area contributed by atoms with Gasteiger partial charge in [0, 0.05) is 13.1 Å². The molecule has 1 aliphatic carbocycles. The maximum atomic E-state index is 12.7. The molecule has 102 valence electrons. The normalized spacial score (nSPS) is 25.1. The molecule has 1 saturated heterocycles. The number of carbonyl (C=O) groups excluding carboxylic acids is 1. The number of hydrogen-bond acceptors (Lipinski definition) is 3. The van der Waals surface area contributed by atoms with Crippen molar-refractivity contribution in [2.45, 2.75) is 24.4 Å². The molecule has 0 spiro atoms. The zero-order valence-electron chi connectivity index (χ0n) is 10.9. The Morgan fingerprint density at radius 2 is 2.11 bits per heavy atom. The van der Waals surface area contributed by atoms with Gasteiger partial charge in [-0.05, 0) is 18.4 Å². The van der Waals surface area contributed by atoms with Crippen molar-refractivity contribution in [1.29, 1.82) is 0 Å². The van der Waals surface area contributed by atoms with E-state index in [4.69, 9.17) is 9.84 Å². The summed E-state index contributed by atoms with van der Waals surface area (Å²) in [5.41, 5.74) is 0.811. The summed E-state index contributed by atoms with van der Waals surface area (Å²) in [4.78, 5) is 14.6. The molecule has 1 aromatic carbocycles. The highest BCUT2D eigenvalue weighted by atomic mass is 16.5. The van der Waals surface area contributed by atoms with Crippen LogP contribution in [0.1, 0.15) is 18.4 Å². The third-order valence-corrected chi connectivity index (χ3v) is 4.12. The van der Waals surface area contributed by atoms with Gasteiger partial charge in [0.2, 0.25) is 5.91 Å². The number of aliphatic hydroxyl groups excluding tert-OH is 1. The van der Waals surface area contributed by atoms with Crippen LogP contribution in [0.25, 0.3) is 0 Å². The number of nitrogens with zero attached hydrogens (tertiary/aromatic N) is 1. The van der Waals surface area contributed by atoms with Gasteiger partial charge in [0.25, 0.3) is 0 Å². The van der Waals surface area contributed by atoms with E-state index in [1.54, 1.807) is 0 Å². The molecule has 1 aromatic rings. The van der Waals surface area contributed by atoms with E-state index in [0.717, 1.165) is 18.4 Å². The number of rotatable bonds is 3. The first-order chi connectivity index (χ1) is 9.26. The molecule has 2 aliphatic rings. The molecule has 1 amide bonds. The first-order valence-electron chi connectivity index (χ1n) is 6.84. The minimum absolute atomic E-state index is 0.0257. The van der Waals surface area contributed by atoms with Crippen LogP contribution in [0.15, 0.2) is 30.3 Å². The largest absolute Gasteiger partial charge is 0.394 e. The monoisotopic (exact) mass is 261 g/mol. The summed E-state index contributed by atoms with van der Waals surface area (Å²) in [6.07, 6.45) is 1.62. The van der Waals surface area contributed by atoms with Gasteiger partial charge in [-0.2, -0.15) is 0 Å². The number of ether oxygens (including phenoxy) is 1. The molecule has 1 saturated carbocycles. The van der Waals surface area contributed by atoms with Crippen LogP contribution in [0.5, 0.6) is 0 Å². The standard InChI is InChI=1S/C15H19NO3/c17-11-13-10-16(8-9-19-13)14(18)15(6-7-15)12-4-2-1-3-5-12/h1-5,13,17H,6-11H2. The van der Waals surface area contributed by atoms with Crippen LogP contribution >= 0.6 is 0 Å². The smallest absolute Gasteiger partial charge is 0.233 e. The van der Waals surface area contributed by atoms with Crippen LogP contribution in [0, 0.1) is 0 Å². The van der Waals surface area contributed by atoms with Crippen LogP contribution in [0.3, 0.4) is 0 Å². The van der Waals surface area contributed by atoms with Crippen LogP contribution in [-0.4, -0.2) is 48.3 Å². The molecule has 2 fully saturated rings. The van der Waals surface area contributed by atoms with Crippen LogP contribution in [0.2, 0.25) is 0 Å². The highest BCUT2D eigenvalue weighted by molar-refractivity contribution is 5.91. The molecule has 1 unspecified atom stereocenters. The Balaban J connectivity index is 1.77. The van der Waals surface area contributed by atoms with E-state index in [9.17, 15) is 4.79 Å². The Hall–Kier alpha value is -1.39. The van der Waals surface area contributed by atoms with Gasteiger partial charge in [0.1, 0.15) is 0 Å². The molecule has 0 radical (unpaired) electrons. The van der Waals surface area contributed by atoms with Crippen LogP contribution < -0.4 is 0 Å². The lowest BCUT2D eigenvalue weighted by Gasteiger charge is -2.34. The Kier molecular flexibility index (Phi) is 3.29. The van der Waals surface area contributed by atoms with Gasteiger partial charge in [-0.25, -0.2) is 0 Å². The molecular weight excluding hydrogens is 242 g/mol. The van der Waals surface area contributed by atoms with Gasteiger partial charge in [-0.1, -0.05) is 30.3 Å². The molecular formula is C15H19NO3. The number of morpholine rings is 1. The second-order valence-electron chi connectivity index (χ2n) is 5.37. The van der Waals surface area contributed by atoms with Gasteiger partial charge >= 0.3 is 0 Å². The number of aliphatic hydroxyl groups is 1. The fraction of sp³-hybridized carbons (Fsp3) is 0.533. The maximum Gasteiger partial charge on any atom is 0.233 e. The van der Waals surface area contributed by atoms with Crippen LogP contribution in [-0.2, 0) is 14.9 Å². The second kappa shape index (κ2) is 4.94. The van der Waals surface area contributed by atoms with Crippen molar-refractivity contribution >= 4 is 5.91 Å². The molecule has 19 heavy (non-hydrogen) atoms. The first-order valence-corrected chi connectivity index (χ1v) is 6.84. The summed E-state index contributed by atoms with van der Waals surface area (Å²) in [7, 11) is 0. The van der Waals surface area contributed by atoms with E-state index in [1.165, 1.54) is 0 Å². The van der Waals surface area contributed by atoms with E-state index in [1.807, 2.05) is 35.2 Å². The molecule has 4 heteroatoms. The molecule has 1 heterocycles. The third-order valence-electron chi connectivity index (χ3n) is 4.12. The molecule has 3 rings (SSSR count). The summed E-state index contributed by atoms with van der Waals surface area (Å²) in [6.45, 7) is 1.62. The number of hydrogen-bond donors (Lipinski definition) is 1. The van der Waals surface area contributed by atoms with E-state index in [-0.39, 0.29) is 24.0 Å². The van der Waals surface area contributed by atoms with Crippen molar-refractivity contribution in [3.63, 3.8) is 0 Å². The predicted octanol–water partition coefficient (Wildman–Crippen LogP) is 0.938. The van der Waals surface area contributed by atoms with Crippen molar-refractivity contribution in [2.24, 2.45) is 0 Å². The molecule has 1 atom stereocenters. The lowest BCUT2D eigenvalue weighted by Crippen LogP contribution is -2.50. The minimum Gasteiger partial charge on any atom is -0.394 e. The van der Waals surface area contributed by atoms with Crippen molar-refractivity contribution in [3.05, 3.63) is 35.9 Å². The minimum atomic E-state index is -0.307. The summed E-state index contributed by atoms with van der Waals surface area (Å²) in [6, 6.07) is 10.0. The fourth-order valence-corrected chi connectivity index (χ4v) is 2.83. The van der Waals surface area contributed by atoms with Gasteiger partial charge in [-0.3, -0.25) is 4.79 Å².